The molecule has 2 nitrogen and oxygen atoms in total. The number of amidine groups is 1. The van der Waals surface area contributed by atoms with E-state index in [4.69, 9.17) is 0 Å². The minimum Gasteiger partial charge on any atom is -0.357 e. The van der Waals surface area contributed by atoms with Gasteiger partial charge in [-0.25, -0.2) is 0 Å². The fourth-order valence-corrected chi connectivity index (χ4v) is 1.23. The van der Waals surface area contributed by atoms with Crippen molar-refractivity contribution < 1.29 is 0 Å². The maximum absolute atomic E-state index is 4.43. The third-order valence-electron chi connectivity index (χ3n) is 1.94. The number of rotatable bonds is 2. The molecule has 1 aliphatic rings. The second kappa shape index (κ2) is 4.75. The summed E-state index contributed by atoms with van der Waals surface area (Å²) in [5.74, 6) is 1.10. The molecule has 1 rings (SSSR count). The van der Waals surface area contributed by atoms with Crippen LogP contribution in [-0.2, 0) is 0 Å². The van der Waals surface area contributed by atoms with Crippen molar-refractivity contribution in [3.8, 4) is 0 Å². The first-order valence-electron chi connectivity index (χ1n) is 4.51. The van der Waals surface area contributed by atoms with Crippen LogP contribution in [0.15, 0.2) is 29.3 Å². The van der Waals surface area contributed by atoms with Gasteiger partial charge in [-0.15, -0.1) is 0 Å². The van der Waals surface area contributed by atoms with E-state index in [9.17, 15) is 0 Å². The molecule has 0 unspecified atom stereocenters. The Morgan fingerprint density at radius 2 is 2.08 bits per heavy atom. The van der Waals surface area contributed by atoms with Gasteiger partial charge in [0.25, 0.3) is 0 Å². The van der Waals surface area contributed by atoms with Crippen LogP contribution in [0.1, 0.15) is 13.8 Å². The Bertz CT molecular complexity index is 210. The average molecular weight is 164 g/mol. The van der Waals surface area contributed by atoms with E-state index in [1.54, 1.807) is 0 Å². The van der Waals surface area contributed by atoms with E-state index in [1.807, 2.05) is 12.2 Å². The lowest BCUT2D eigenvalue weighted by molar-refractivity contribution is 0.467. The van der Waals surface area contributed by atoms with E-state index in [-0.39, 0.29) is 0 Å². The summed E-state index contributed by atoms with van der Waals surface area (Å²) >= 11 is 0. The summed E-state index contributed by atoms with van der Waals surface area (Å²) < 4.78 is 0. The SMILES string of the molecule is CCN(CC)C1=NCC=CC=C1. The van der Waals surface area contributed by atoms with E-state index >= 15 is 0 Å². The standard InChI is InChI=1S/C10H16N2/c1-3-12(4-2)10-8-6-5-7-9-11-10/h5-8H,3-4,9H2,1-2H3. The van der Waals surface area contributed by atoms with E-state index in [2.05, 4.69) is 35.9 Å². The second-order valence-corrected chi connectivity index (χ2v) is 2.66. The third-order valence-corrected chi connectivity index (χ3v) is 1.94. The fourth-order valence-electron chi connectivity index (χ4n) is 1.23. The van der Waals surface area contributed by atoms with Crippen molar-refractivity contribution in [1.29, 1.82) is 0 Å². The molecule has 1 aliphatic heterocycles. The number of hydrogen-bond donors (Lipinski definition) is 0. The fraction of sp³-hybridized carbons (Fsp3) is 0.500. The molecule has 0 fully saturated rings. The Morgan fingerprint density at radius 3 is 2.75 bits per heavy atom. The van der Waals surface area contributed by atoms with Gasteiger partial charge >= 0.3 is 0 Å². The Hall–Kier alpha value is -1.05. The molecular weight excluding hydrogens is 148 g/mol. The summed E-state index contributed by atoms with van der Waals surface area (Å²) in [6.45, 7) is 7.16. The van der Waals surface area contributed by atoms with Crippen molar-refractivity contribution in [1.82, 2.24) is 4.90 Å². The summed E-state index contributed by atoms with van der Waals surface area (Å²) in [5, 5.41) is 0. The van der Waals surface area contributed by atoms with Crippen molar-refractivity contribution >= 4 is 5.84 Å². The molecule has 0 N–H and O–H groups in total. The number of nitrogens with zero attached hydrogens (tertiary/aromatic N) is 2. The van der Waals surface area contributed by atoms with Gasteiger partial charge in [-0.05, 0) is 19.9 Å². The molecule has 0 saturated carbocycles. The van der Waals surface area contributed by atoms with Crippen molar-refractivity contribution in [3.63, 3.8) is 0 Å². The molecular formula is C10H16N2. The highest BCUT2D eigenvalue weighted by Crippen LogP contribution is 1.97. The zero-order valence-electron chi connectivity index (χ0n) is 7.83. The van der Waals surface area contributed by atoms with Crippen LogP contribution in [0.25, 0.3) is 0 Å². The molecule has 12 heavy (non-hydrogen) atoms. The molecule has 0 aliphatic carbocycles. The highest BCUT2D eigenvalue weighted by Gasteiger charge is 2.02. The third kappa shape index (κ3) is 2.22. The number of hydrogen-bond acceptors (Lipinski definition) is 2. The molecule has 0 spiro atoms. The van der Waals surface area contributed by atoms with Gasteiger partial charge in [-0.3, -0.25) is 4.99 Å². The van der Waals surface area contributed by atoms with E-state index in [1.165, 1.54) is 0 Å². The summed E-state index contributed by atoms with van der Waals surface area (Å²) in [6.07, 6.45) is 8.22. The molecule has 0 aromatic rings. The van der Waals surface area contributed by atoms with Crippen LogP contribution >= 0.6 is 0 Å². The predicted molar refractivity (Wildman–Crippen MR) is 53.5 cm³/mol. The van der Waals surface area contributed by atoms with Crippen molar-refractivity contribution in [2.24, 2.45) is 4.99 Å². The molecule has 1 heterocycles. The Kier molecular flexibility index (Phi) is 3.58. The largest absolute Gasteiger partial charge is 0.357 e. The van der Waals surface area contributed by atoms with E-state index in [0.717, 1.165) is 25.5 Å². The number of aliphatic imine (C=N–C) groups is 1. The highest BCUT2D eigenvalue weighted by molar-refractivity contribution is 5.93. The first-order chi connectivity index (χ1) is 5.88. The average Bonchev–Trinajstić information content (AvgIpc) is 2.35. The number of allylic oxidation sites excluding steroid dienone is 2. The predicted octanol–water partition coefficient (Wildman–Crippen LogP) is 1.85. The normalized spacial score (nSPS) is 15.7. The van der Waals surface area contributed by atoms with Gasteiger partial charge in [0.15, 0.2) is 0 Å². The minimum atomic E-state index is 0.804. The molecule has 66 valence electrons. The summed E-state index contributed by atoms with van der Waals surface area (Å²) in [6, 6.07) is 0. The Balaban J connectivity index is 2.66. The monoisotopic (exact) mass is 164 g/mol. The van der Waals surface area contributed by atoms with Crippen LogP contribution in [-0.4, -0.2) is 30.4 Å². The van der Waals surface area contributed by atoms with Crippen LogP contribution in [0.5, 0.6) is 0 Å². The molecule has 2 heteroatoms. The lowest BCUT2D eigenvalue weighted by atomic mass is 10.4. The van der Waals surface area contributed by atoms with Gasteiger partial charge in [0.2, 0.25) is 0 Å². The van der Waals surface area contributed by atoms with E-state index < -0.39 is 0 Å². The summed E-state index contributed by atoms with van der Waals surface area (Å²) in [4.78, 5) is 6.69. The molecule has 0 bridgehead atoms. The molecule has 0 saturated heterocycles. The highest BCUT2D eigenvalue weighted by atomic mass is 15.2. The first kappa shape index (κ1) is 9.04. The quantitative estimate of drug-likeness (QED) is 0.608. The Morgan fingerprint density at radius 1 is 1.33 bits per heavy atom. The molecule has 0 aromatic heterocycles. The van der Waals surface area contributed by atoms with Crippen molar-refractivity contribution in [3.05, 3.63) is 24.3 Å². The smallest absolute Gasteiger partial charge is 0.123 e. The maximum atomic E-state index is 4.43. The lowest BCUT2D eigenvalue weighted by Crippen LogP contribution is -2.29. The van der Waals surface area contributed by atoms with Gasteiger partial charge in [0.05, 0.1) is 6.54 Å². The van der Waals surface area contributed by atoms with Crippen molar-refractivity contribution in [2.45, 2.75) is 13.8 Å². The van der Waals surface area contributed by atoms with Crippen LogP contribution in [0.2, 0.25) is 0 Å². The molecule has 0 aromatic carbocycles. The van der Waals surface area contributed by atoms with Gasteiger partial charge < -0.3 is 4.90 Å². The van der Waals surface area contributed by atoms with Gasteiger partial charge in [0.1, 0.15) is 5.84 Å². The maximum Gasteiger partial charge on any atom is 0.123 e. The summed E-state index contributed by atoms with van der Waals surface area (Å²) in [5.41, 5.74) is 0. The molecule has 0 radical (unpaired) electrons. The van der Waals surface area contributed by atoms with Crippen LogP contribution < -0.4 is 0 Å². The zero-order chi connectivity index (χ0) is 8.81. The van der Waals surface area contributed by atoms with Gasteiger partial charge in [-0.2, -0.15) is 0 Å². The Labute approximate surface area is 74.3 Å². The topological polar surface area (TPSA) is 15.6 Å². The lowest BCUT2D eigenvalue weighted by Gasteiger charge is -2.20. The molecule has 0 atom stereocenters. The molecule has 0 amide bonds. The first-order valence-corrected chi connectivity index (χ1v) is 4.51. The number of likely N-dealkylation sites (N-methyl/N-ethyl adjacent to an activating group) is 1. The van der Waals surface area contributed by atoms with Crippen LogP contribution in [0.4, 0.5) is 0 Å². The minimum absolute atomic E-state index is 0.804. The van der Waals surface area contributed by atoms with Crippen LogP contribution in [0, 0.1) is 0 Å². The summed E-state index contributed by atoms with van der Waals surface area (Å²) in [7, 11) is 0. The second-order valence-electron chi connectivity index (χ2n) is 2.66. The van der Waals surface area contributed by atoms with E-state index in [0.29, 0.717) is 0 Å². The van der Waals surface area contributed by atoms with Crippen molar-refractivity contribution in [2.75, 3.05) is 19.6 Å². The van der Waals surface area contributed by atoms with Gasteiger partial charge in [0, 0.05) is 13.1 Å². The van der Waals surface area contributed by atoms with Gasteiger partial charge in [-0.1, -0.05) is 18.2 Å². The zero-order valence-corrected chi connectivity index (χ0v) is 7.83. The van der Waals surface area contributed by atoms with Crippen LogP contribution in [0.3, 0.4) is 0 Å².